The van der Waals surface area contributed by atoms with Gasteiger partial charge >= 0.3 is 0 Å². The van der Waals surface area contributed by atoms with Gasteiger partial charge in [-0.1, -0.05) is 35.0 Å². The molecule has 1 aliphatic heterocycles. The van der Waals surface area contributed by atoms with Crippen molar-refractivity contribution in [3.63, 3.8) is 0 Å². The lowest BCUT2D eigenvalue weighted by molar-refractivity contribution is -0.131. The Labute approximate surface area is 167 Å². The van der Waals surface area contributed by atoms with Crippen LogP contribution in [0.4, 0.5) is 8.78 Å². The van der Waals surface area contributed by atoms with Crippen LogP contribution in [0.2, 0.25) is 0 Å². The summed E-state index contributed by atoms with van der Waals surface area (Å²) in [5, 5.41) is 4.07. The first kappa shape index (κ1) is 19.5. The van der Waals surface area contributed by atoms with Gasteiger partial charge in [0.25, 0.3) is 12.1 Å². The second-order valence-corrected chi connectivity index (χ2v) is 7.73. The minimum atomic E-state index is -2.64. The lowest BCUT2D eigenvalue weighted by atomic mass is 9.92. The van der Waals surface area contributed by atoms with Crippen molar-refractivity contribution >= 4 is 17.0 Å². The number of hydrogen-bond donors (Lipinski definition) is 0. The number of piperidine rings is 1. The predicted molar refractivity (Wildman–Crippen MR) is 105 cm³/mol. The molecular formula is C22H23F2N3O2. The van der Waals surface area contributed by atoms with E-state index < -0.39 is 6.43 Å². The highest BCUT2D eigenvalue weighted by Gasteiger charge is 2.28. The summed E-state index contributed by atoms with van der Waals surface area (Å²) in [5.74, 6) is -0.0535. The van der Waals surface area contributed by atoms with E-state index in [-0.39, 0.29) is 28.5 Å². The number of amides is 1. The van der Waals surface area contributed by atoms with Gasteiger partial charge in [-0.05, 0) is 38.3 Å². The summed E-state index contributed by atoms with van der Waals surface area (Å²) >= 11 is 0. The molecule has 152 valence electrons. The topological polar surface area (TPSA) is 59.2 Å². The van der Waals surface area contributed by atoms with Gasteiger partial charge in [0, 0.05) is 30.3 Å². The Hall–Kier alpha value is -2.83. The van der Waals surface area contributed by atoms with E-state index in [2.05, 4.69) is 10.1 Å². The zero-order valence-electron chi connectivity index (χ0n) is 16.5. The molecule has 3 aromatic rings. The van der Waals surface area contributed by atoms with Gasteiger partial charge in [0.15, 0.2) is 0 Å². The maximum Gasteiger partial charge on any atom is 0.264 e. The second kappa shape index (κ2) is 7.89. The van der Waals surface area contributed by atoms with Gasteiger partial charge in [-0.2, -0.15) is 0 Å². The fourth-order valence-corrected chi connectivity index (χ4v) is 3.97. The summed E-state index contributed by atoms with van der Waals surface area (Å²) in [6.45, 7) is 4.78. The Kier molecular flexibility index (Phi) is 5.30. The first-order valence-corrected chi connectivity index (χ1v) is 9.80. The first-order chi connectivity index (χ1) is 13.9. The van der Waals surface area contributed by atoms with Crippen LogP contribution < -0.4 is 0 Å². The van der Waals surface area contributed by atoms with Crippen molar-refractivity contribution in [2.24, 2.45) is 0 Å². The number of rotatable bonds is 4. The highest BCUT2D eigenvalue weighted by atomic mass is 19.3. The molecule has 29 heavy (non-hydrogen) atoms. The zero-order chi connectivity index (χ0) is 20.5. The molecule has 0 radical (unpaired) electrons. The summed E-state index contributed by atoms with van der Waals surface area (Å²) in [7, 11) is 0. The highest BCUT2D eigenvalue weighted by molar-refractivity contribution is 5.81. The van der Waals surface area contributed by atoms with E-state index in [9.17, 15) is 13.6 Å². The Bertz CT molecular complexity index is 1030. The van der Waals surface area contributed by atoms with Gasteiger partial charge < -0.3 is 9.42 Å². The van der Waals surface area contributed by atoms with Crippen LogP contribution in [0.15, 0.2) is 34.9 Å². The minimum absolute atomic E-state index is 0.0456. The van der Waals surface area contributed by atoms with Crippen LogP contribution in [0.5, 0.6) is 0 Å². The summed E-state index contributed by atoms with van der Waals surface area (Å²) in [5.41, 5.74) is 3.10. The van der Waals surface area contributed by atoms with Gasteiger partial charge in [-0.15, -0.1) is 0 Å². The third-order valence-corrected chi connectivity index (χ3v) is 5.57. The van der Waals surface area contributed by atoms with Crippen molar-refractivity contribution in [3.8, 4) is 0 Å². The third kappa shape index (κ3) is 3.99. The molecule has 0 bridgehead atoms. The zero-order valence-corrected chi connectivity index (χ0v) is 16.5. The fraction of sp³-hybridized carbons (Fsp3) is 0.409. The maximum atomic E-state index is 13.6. The molecule has 1 fully saturated rings. The van der Waals surface area contributed by atoms with Crippen molar-refractivity contribution < 1.29 is 18.1 Å². The van der Waals surface area contributed by atoms with E-state index in [1.165, 1.54) is 6.07 Å². The van der Waals surface area contributed by atoms with E-state index >= 15 is 0 Å². The summed E-state index contributed by atoms with van der Waals surface area (Å²) in [6.07, 6.45) is -0.699. The number of hydrogen-bond acceptors (Lipinski definition) is 4. The van der Waals surface area contributed by atoms with Crippen LogP contribution >= 0.6 is 0 Å². The minimum Gasteiger partial charge on any atom is -0.342 e. The lowest BCUT2D eigenvalue weighted by Gasteiger charge is -2.32. The third-order valence-electron chi connectivity index (χ3n) is 5.57. The average molecular weight is 399 g/mol. The van der Waals surface area contributed by atoms with E-state index in [1.54, 1.807) is 6.92 Å². The molecule has 2 aromatic heterocycles. The van der Waals surface area contributed by atoms with Crippen LogP contribution in [0.1, 0.15) is 53.3 Å². The van der Waals surface area contributed by atoms with Gasteiger partial charge in [0.1, 0.15) is 0 Å². The maximum absolute atomic E-state index is 13.6. The molecule has 0 unspecified atom stereocenters. The summed E-state index contributed by atoms with van der Waals surface area (Å²) in [4.78, 5) is 19.0. The van der Waals surface area contributed by atoms with Crippen molar-refractivity contribution in [1.82, 2.24) is 15.0 Å². The second-order valence-electron chi connectivity index (χ2n) is 7.73. The van der Waals surface area contributed by atoms with E-state index in [1.807, 2.05) is 36.1 Å². The average Bonchev–Trinajstić information content (AvgIpc) is 3.10. The molecule has 5 nitrogen and oxygen atoms in total. The quantitative estimate of drug-likeness (QED) is 0.637. The molecule has 1 atom stereocenters. The number of pyridine rings is 1. The number of aryl methyl sites for hydroxylation is 2. The predicted octanol–water partition coefficient (Wildman–Crippen LogP) is 4.73. The monoisotopic (exact) mass is 399 g/mol. The molecule has 0 saturated carbocycles. The number of halogens is 2. The molecule has 1 aliphatic rings. The molecule has 3 heterocycles. The molecule has 0 aliphatic carbocycles. The number of nitrogens with zero attached hydrogens (tertiary/aromatic N) is 3. The molecular weight excluding hydrogens is 376 g/mol. The normalized spacial score (nSPS) is 17.3. The molecule has 1 saturated heterocycles. The molecule has 1 aromatic carbocycles. The number of carbonyl (C=O) groups is 1. The van der Waals surface area contributed by atoms with Gasteiger partial charge in [-0.3, -0.25) is 4.79 Å². The number of aromatic nitrogens is 2. The van der Waals surface area contributed by atoms with Crippen LogP contribution in [0, 0.1) is 13.8 Å². The number of fused-ring (bicyclic) bond motifs is 1. The van der Waals surface area contributed by atoms with E-state index in [0.29, 0.717) is 30.9 Å². The van der Waals surface area contributed by atoms with Crippen molar-refractivity contribution in [1.29, 1.82) is 0 Å². The number of carbonyl (C=O) groups excluding carboxylic acids is 1. The Morgan fingerprint density at radius 3 is 2.76 bits per heavy atom. The Morgan fingerprint density at radius 2 is 2.03 bits per heavy atom. The Morgan fingerprint density at radius 1 is 1.28 bits per heavy atom. The summed E-state index contributed by atoms with van der Waals surface area (Å²) in [6, 6.07) is 9.37. The first-order valence-electron chi connectivity index (χ1n) is 9.80. The molecule has 7 heteroatoms. The largest absolute Gasteiger partial charge is 0.342 e. The van der Waals surface area contributed by atoms with Crippen molar-refractivity contribution in [2.45, 2.75) is 45.5 Å². The fourth-order valence-electron chi connectivity index (χ4n) is 3.97. The summed E-state index contributed by atoms with van der Waals surface area (Å²) < 4.78 is 32.4. The van der Waals surface area contributed by atoms with Crippen molar-refractivity contribution in [2.75, 3.05) is 13.1 Å². The number of benzene rings is 1. The standard InChI is InChI=1S/C22H23F2N3O2/c1-13-5-7-15(8-6-13)10-19(28)27-9-3-4-16(12-27)18-11-17(21(23)24)20-14(2)26-29-22(20)25-18/h5-8,11,16,21H,3-4,9-10,12H2,1-2H3/t16-/m0/s1. The van der Waals surface area contributed by atoms with E-state index in [0.717, 1.165) is 24.0 Å². The number of likely N-dealkylation sites (tertiary alicyclic amines) is 1. The van der Waals surface area contributed by atoms with Gasteiger partial charge in [0.05, 0.1) is 17.5 Å². The van der Waals surface area contributed by atoms with Gasteiger partial charge in [-0.25, -0.2) is 13.8 Å². The smallest absolute Gasteiger partial charge is 0.264 e. The van der Waals surface area contributed by atoms with Crippen LogP contribution in [-0.2, 0) is 11.2 Å². The Balaban J connectivity index is 1.55. The molecule has 4 rings (SSSR count). The van der Waals surface area contributed by atoms with Crippen LogP contribution in [0.25, 0.3) is 11.1 Å². The highest BCUT2D eigenvalue weighted by Crippen LogP contribution is 2.34. The van der Waals surface area contributed by atoms with Crippen molar-refractivity contribution in [3.05, 3.63) is 58.4 Å². The molecule has 0 spiro atoms. The molecule has 1 amide bonds. The van der Waals surface area contributed by atoms with Crippen LogP contribution in [-0.4, -0.2) is 34.0 Å². The number of alkyl halides is 2. The van der Waals surface area contributed by atoms with Crippen LogP contribution in [0.3, 0.4) is 0 Å². The van der Waals surface area contributed by atoms with Gasteiger partial charge in [0.2, 0.25) is 5.91 Å². The lowest BCUT2D eigenvalue weighted by Crippen LogP contribution is -2.40. The SMILES string of the molecule is Cc1ccc(CC(=O)N2CCC[C@H](c3cc(C(F)F)c4c(C)noc4n3)C2)cc1. The molecule has 0 N–H and O–H groups in total. The van der Waals surface area contributed by atoms with E-state index in [4.69, 9.17) is 4.52 Å².